The van der Waals surface area contributed by atoms with Crippen molar-refractivity contribution < 1.29 is 14.3 Å². The number of carbonyl (C=O) groups is 2. The number of terminal acetylenes is 2. The van der Waals surface area contributed by atoms with Crippen LogP contribution in [0.25, 0.3) is 0 Å². The van der Waals surface area contributed by atoms with Gasteiger partial charge in [0.15, 0.2) is 0 Å². The van der Waals surface area contributed by atoms with Crippen molar-refractivity contribution in [1.82, 2.24) is 10.6 Å². The summed E-state index contributed by atoms with van der Waals surface area (Å²) >= 11 is 0. The molecule has 0 aliphatic heterocycles. The minimum Gasteiger partial charge on any atom is -0.457 e. The second kappa shape index (κ2) is 10.0. The molecule has 136 valence electrons. The first-order chi connectivity index (χ1) is 13.1. The molecule has 4 N–H and O–H groups in total. The van der Waals surface area contributed by atoms with Gasteiger partial charge in [0.25, 0.3) is 0 Å². The van der Waals surface area contributed by atoms with E-state index in [0.717, 1.165) is 0 Å². The van der Waals surface area contributed by atoms with Crippen LogP contribution in [0.5, 0.6) is 11.5 Å². The van der Waals surface area contributed by atoms with E-state index in [0.29, 0.717) is 22.9 Å². The maximum atomic E-state index is 11.5. The zero-order chi connectivity index (χ0) is 19.5. The van der Waals surface area contributed by atoms with E-state index in [-0.39, 0.29) is 25.2 Å². The Labute approximate surface area is 157 Å². The van der Waals surface area contributed by atoms with Crippen molar-refractivity contribution in [2.24, 2.45) is 0 Å². The van der Waals surface area contributed by atoms with Gasteiger partial charge in [-0.2, -0.15) is 0 Å². The molecule has 0 spiro atoms. The molecule has 2 rings (SSSR count). The van der Waals surface area contributed by atoms with Gasteiger partial charge in [0.1, 0.15) is 11.5 Å². The third kappa shape index (κ3) is 6.73. The van der Waals surface area contributed by atoms with Gasteiger partial charge in [0.2, 0.25) is 0 Å². The van der Waals surface area contributed by atoms with Gasteiger partial charge in [-0.05, 0) is 48.5 Å². The average molecular weight is 362 g/mol. The average Bonchev–Trinajstić information content (AvgIpc) is 2.68. The third-order valence-electron chi connectivity index (χ3n) is 3.16. The molecule has 0 aliphatic rings. The third-order valence-corrected chi connectivity index (χ3v) is 3.16. The van der Waals surface area contributed by atoms with Crippen molar-refractivity contribution in [3.63, 3.8) is 0 Å². The summed E-state index contributed by atoms with van der Waals surface area (Å²) in [6.07, 6.45) is 10.2. The summed E-state index contributed by atoms with van der Waals surface area (Å²) in [6, 6.07) is 12.9. The molecule has 0 unspecified atom stereocenters. The van der Waals surface area contributed by atoms with E-state index in [2.05, 4.69) is 33.1 Å². The molecule has 0 aliphatic carbocycles. The van der Waals surface area contributed by atoms with Gasteiger partial charge >= 0.3 is 12.1 Å². The predicted molar refractivity (Wildman–Crippen MR) is 105 cm³/mol. The van der Waals surface area contributed by atoms with Crippen LogP contribution in [0.4, 0.5) is 21.0 Å². The number of hydrogen-bond acceptors (Lipinski definition) is 3. The SMILES string of the molecule is C#CCNC(=O)Nc1ccc(Oc2ccc(NC(=O)NCC#C)cc2)cc1. The molecule has 27 heavy (non-hydrogen) atoms. The van der Waals surface area contributed by atoms with Crippen LogP contribution in [0.1, 0.15) is 0 Å². The molecule has 0 aromatic heterocycles. The lowest BCUT2D eigenvalue weighted by molar-refractivity contribution is 0.252. The number of rotatable bonds is 6. The van der Waals surface area contributed by atoms with E-state index in [1.165, 1.54) is 0 Å². The van der Waals surface area contributed by atoms with Crippen LogP contribution in [0, 0.1) is 24.7 Å². The second-order valence-corrected chi connectivity index (χ2v) is 5.17. The fraction of sp³-hybridized carbons (Fsp3) is 0.100. The molecule has 0 atom stereocenters. The Hall–Kier alpha value is -4.10. The Morgan fingerprint density at radius 3 is 1.44 bits per heavy atom. The molecule has 0 saturated heterocycles. The first kappa shape index (κ1) is 19.2. The molecule has 0 heterocycles. The molecular weight excluding hydrogens is 344 g/mol. The van der Waals surface area contributed by atoms with E-state index >= 15 is 0 Å². The highest BCUT2D eigenvalue weighted by atomic mass is 16.5. The fourth-order valence-corrected chi connectivity index (χ4v) is 1.96. The lowest BCUT2D eigenvalue weighted by Gasteiger charge is -2.09. The number of anilines is 2. The zero-order valence-electron chi connectivity index (χ0n) is 14.4. The minimum absolute atomic E-state index is 0.156. The van der Waals surface area contributed by atoms with Crippen LogP contribution in [-0.2, 0) is 0 Å². The Balaban J connectivity index is 1.88. The van der Waals surface area contributed by atoms with Gasteiger partial charge in [-0.15, -0.1) is 12.8 Å². The topological polar surface area (TPSA) is 91.5 Å². The number of amides is 4. The highest BCUT2D eigenvalue weighted by Crippen LogP contribution is 2.24. The van der Waals surface area contributed by atoms with E-state index in [1.54, 1.807) is 48.5 Å². The van der Waals surface area contributed by atoms with E-state index in [9.17, 15) is 9.59 Å². The van der Waals surface area contributed by atoms with Crippen LogP contribution in [0.15, 0.2) is 48.5 Å². The van der Waals surface area contributed by atoms with Gasteiger partial charge in [-0.3, -0.25) is 0 Å². The van der Waals surface area contributed by atoms with Crippen molar-refractivity contribution in [3.05, 3.63) is 48.5 Å². The number of benzene rings is 2. The Morgan fingerprint density at radius 2 is 1.11 bits per heavy atom. The number of urea groups is 2. The maximum absolute atomic E-state index is 11.5. The molecular formula is C20H18N4O3. The molecule has 7 heteroatoms. The van der Waals surface area contributed by atoms with Crippen molar-refractivity contribution in [2.75, 3.05) is 23.7 Å². The smallest absolute Gasteiger partial charge is 0.319 e. The highest BCUT2D eigenvalue weighted by Gasteiger charge is 2.03. The Morgan fingerprint density at radius 1 is 0.741 bits per heavy atom. The van der Waals surface area contributed by atoms with Crippen molar-refractivity contribution in [3.8, 4) is 36.2 Å². The monoisotopic (exact) mass is 362 g/mol. The molecule has 7 nitrogen and oxygen atoms in total. The standard InChI is InChI=1S/C20H18N4O3/c1-3-13-21-19(25)23-15-5-9-17(10-6-15)27-18-11-7-16(8-12-18)24-20(26)22-14-4-2/h1-2,5-12H,13-14H2,(H2,21,23,25)(H2,22,24,26). The molecule has 2 aromatic carbocycles. The van der Waals surface area contributed by atoms with Crippen LogP contribution >= 0.6 is 0 Å². The van der Waals surface area contributed by atoms with Gasteiger partial charge in [0.05, 0.1) is 13.1 Å². The van der Waals surface area contributed by atoms with Crippen LogP contribution in [-0.4, -0.2) is 25.2 Å². The molecule has 0 fully saturated rings. The van der Waals surface area contributed by atoms with Gasteiger partial charge < -0.3 is 26.0 Å². The molecule has 0 bridgehead atoms. The Bertz CT molecular complexity index is 789. The number of carbonyl (C=O) groups excluding carboxylic acids is 2. The Kier molecular flexibility index (Phi) is 7.13. The van der Waals surface area contributed by atoms with Gasteiger partial charge in [-0.25, -0.2) is 9.59 Å². The summed E-state index contributed by atoms with van der Waals surface area (Å²) in [5.74, 6) is 5.82. The van der Waals surface area contributed by atoms with E-state index < -0.39 is 0 Å². The van der Waals surface area contributed by atoms with E-state index in [4.69, 9.17) is 17.6 Å². The normalized spacial score (nSPS) is 9.26. The lowest BCUT2D eigenvalue weighted by Crippen LogP contribution is -2.28. The number of nitrogens with one attached hydrogen (secondary N) is 4. The second-order valence-electron chi connectivity index (χ2n) is 5.17. The van der Waals surface area contributed by atoms with Crippen molar-refractivity contribution >= 4 is 23.4 Å². The molecule has 0 saturated carbocycles. The van der Waals surface area contributed by atoms with E-state index in [1.807, 2.05) is 0 Å². The van der Waals surface area contributed by atoms with Gasteiger partial charge in [0, 0.05) is 11.4 Å². The lowest BCUT2D eigenvalue weighted by atomic mass is 10.3. The zero-order valence-corrected chi connectivity index (χ0v) is 14.4. The number of ether oxygens (including phenoxy) is 1. The summed E-state index contributed by atoms with van der Waals surface area (Å²) in [4.78, 5) is 23.0. The summed E-state index contributed by atoms with van der Waals surface area (Å²) in [5, 5.41) is 10.3. The van der Waals surface area contributed by atoms with Crippen LogP contribution in [0.2, 0.25) is 0 Å². The summed E-state index contributed by atoms with van der Waals surface area (Å²) in [7, 11) is 0. The van der Waals surface area contributed by atoms with Crippen LogP contribution < -0.4 is 26.0 Å². The number of hydrogen-bond donors (Lipinski definition) is 4. The largest absolute Gasteiger partial charge is 0.457 e. The summed E-state index contributed by atoms with van der Waals surface area (Å²) < 4.78 is 5.72. The predicted octanol–water partition coefficient (Wildman–Crippen LogP) is 2.99. The van der Waals surface area contributed by atoms with Crippen molar-refractivity contribution in [1.29, 1.82) is 0 Å². The first-order valence-electron chi connectivity index (χ1n) is 7.95. The highest BCUT2D eigenvalue weighted by molar-refractivity contribution is 5.90. The maximum Gasteiger partial charge on any atom is 0.319 e. The van der Waals surface area contributed by atoms with Crippen molar-refractivity contribution in [2.45, 2.75) is 0 Å². The summed E-state index contributed by atoms with van der Waals surface area (Å²) in [5.41, 5.74) is 1.21. The minimum atomic E-state index is -0.379. The quantitative estimate of drug-likeness (QED) is 0.596. The first-order valence-corrected chi connectivity index (χ1v) is 7.95. The molecule has 2 aromatic rings. The van der Waals surface area contributed by atoms with Gasteiger partial charge in [-0.1, -0.05) is 11.8 Å². The molecule has 0 radical (unpaired) electrons. The molecule has 4 amide bonds. The summed E-state index contributed by atoms with van der Waals surface area (Å²) in [6.45, 7) is 0.312. The van der Waals surface area contributed by atoms with Crippen LogP contribution in [0.3, 0.4) is 0 Å². The fourth-order valence-electron chi connectivity index (χ4n) is 1.96.